The minimum absolute atomic E-state index is 0.365. The Morgan fingerprint density at radius 2 is 2.04 bits per heavy atom. The summed E-state index contributed by atoms with van der Waals surface area (Å²) in [7, 11) is 0. The maximum atomic E-state index is 6.08. The smallest absolute Gasteiger partial charge is 0.0518 e. The van der Waals surface area contributed by atoms with Crippen molar-refractivity contribution >= 4 is 0 Å². The van der Waals surface area contributed by atoms with Gasteiger partial charge in [-0.25, -0.2) is 0 Å². The Morgan fingerprint density at radius 3 is 2.78 bits per heavy atom. The van der Waals surface area contributed by atoms with E-state index in [-0.39, 0.29) is 0 Å². The van der Waals surface area contributed by atoms with Crippen LogP contribution in [0.3, 0.4) is 0 Å². The molecule has 128 valence electrons. The van der Waals surface area contributed by atoms with Crippen molar-refractivity contribution in [2.45, 2.75) is 83.3 Å². The normalized spacial score (nSPS) is 27.4. The molecule has 0 spiro atoms. The Bertz CT molecular complexity index is 511. The van der Waals surface area contributed by atoms with Crippen LogP contribution in [-0.4, -0.2) is 18.8 Å². The topological polar surface area (TPSA) is 35.2 Å². The molecule has 1 aromatic rings. The second-order valence-electron chi connectivity index (χ2n) is 7.97. The molecule has 2 unspecified atom stereocenters. The lowest BCUT2D eigenvalue weighted by Crippen LogP contribution is -2.16. The van der Waals surface area contributed by atoms with Crippen LogP contribution in [0, 0.1) is 5.92 Å². The Balaban J connectivity index is 1.53. The first-order chi connectivity index (χ1) is 11.1. The van der Waals surface area contributed by atoms with Gasteiger partial charge in [-0.15, -0.1) is 0 Å². The van der Waals surface area contributed by atoms with Crippen LogP contribution in [0.25, 0.3) is 0 Å². The van der Waals surface area contributed by atoms with E-state index in [9.17, 15) is 0 Å². The molecule has 1 saturated carbocycles. The molecule has 0 amide bonds. The van der Waals surface area contributed by atoms with E-state index in [1.165, 1.54) is 51.4 Å². The van der Waals surface area contributed by atoms with Crippen LogP contribution in [0.15, 0.2) is 18.2 Å². The summed E-state index contributed by atoms with van der Waals surface area (Å²) < 4.78 is 5.67. The highest BCUT2D eigenvalue weighted by Crippen LogP contribution is 2.36. The summed E-state index contributed by atoms with van der Waals surface area (Å²) in [5.41, 5.74) is 10.8. The van der Waals surface area contributed by atoms with Gasteiger partial charge in [0.2, 0.25) is 0 Å². The maximum Gasteiger partial charge on any atom is 0.0518 e. The average molecular weight is 316 g/mol. The van der Waals surface area contributed by atoms with Crippen LogP contribution in [-0.2, 0) is 17.6 Å². The van der Waals surface area contributed by atoms with Gasteiger partial charge in [-0.05, 0) is 93.7 Å². The molecule has 2 N–H and O–H groups in total. The van der Waals surface area contributed by atoms with Gasteiger partial charge in [-0.3, -0.25) is 0 Å². The van der Waals surface area contributed by atoms with Gasteiger partial charge >= 0.3 is 0 Å². The van der Waals surface area contributed by atoms with E-state index in [4.69, 9.17) is 10.5 Å². The highest BCUT2D eigenvalue weighted by Gasteiger charge is 2.25. The zero-order chi connectivity index (χ0) is 16.2. The van der Waals surface area contributed by atoms with E-state index in [1.807, 2.05) is 0 Å². The summed E-state index contributed by atoms with van der Waals surface area (Å²) in [4.78, 5) is 0. The molecule has 2 aliphatic carbocycles. The molecule has 0 radical (unpaired) electrons. The third-order valence-corrected chi connectivity index (χ3v) is 5.71. The zero-order valence-electron chi connectivity index (χ0n) is 14.9. The van der Waals surface area contributed by atoms with Crippen molar-refractivity contribution in [1.82, 2.24) is 0 Å². The Hall–Kier alpha value is -0.860. The van der Waals surface area contributed by atoms with Gasteiger partial charge in [0, 0.05) is 12.6 Å². The largest absolute Gasteiger partial charge is 0.379 e. The van der Waals surface area contributed by atoms with Gasteiger partial charge in [0.1, 0.15) is 0 Å². The van der Waals surface area contributed by atoms with Gasteiger partial charge in [0.15, 0.2) is 0 Å². The van der Waals surface area contributed by atoms with Crippen LogP contribution in [0.1, 0.15) is 75.0 Å². The predicted octanol–water partition coefficient (Wildman–Crippen LogP) is 4.59. The number of ether oxygens (including phenoxy) is 1. The lowest BCUT2D eigenvalue weighted by atomic mass is 9.80. The number of aryl methyl sites for hydroxylation is 1. The molecule has 2 aliphatic rings. The van der Waals surface area contributed by atoms with Gasteiger partial charge < -0.3 is 10.5 Å². The Morgan fingerprint density at radius 1 is 1.17 bits per heavy atom. The number of fused-ring (bicyclic) bond motifs is 1. The fourth-order valence-corrected chi connectivity index (χ4v) is 4.36. The maximum absolute atomic E-state index is 6.08. The fourth-order valence-electron chi connectivity index (χ4n) is 4.36. The zero-order valence-corrected chi connectivity index (χ0v) is 14.9. The highest BCUT2D eigenvalue weighted by molar-refractivity contribution is 5.36. The molecule has 1 fully saturated rings. The molecular weight excluding hydrogens is 282 g/mol. The van der Waals surface area contributed by atoms with E-state index in [0.717, 1.165) is 12.5 Å². The number of hydrogen-bond acceptors (Lipinski definition) is 2. The molecule has 2 heteroatoms. The summed E-state index contributed by atoms with van der Waals surface area (Å²) in [5, 5.41) is 0. The van der Waals surface area contributed by atoms with E-state index >= 15 is 0 Å². The first kappa shape index (κ1) is 17.0. The van der Waals surface area contributed by atoms with E-state index in [1.54, 1.807) is 16.7 Å². The number of nitrogens with two attached hydrogens (primary N) is 1. The molecule has 3 rings (SSSR count). The van der Waals surface area contributed by atoms with Crippen molar-refractivity contribution in [3.8, 4) is 0 Å². The molecule has 0 bridgehead atoms. The summed E-state index contributed by atoms with van der Waals surface area (Å²) in [6, 6.07) is 7.71. The van der Waals surface area contributed by atoms with Gasteiger partial charge in [0.25, 0.3) is 0 Å². The number of benzene rings is 1. The summed E-state index contributed by atoms with van der Waals surface area (Å²) in [6.07, 6.45) is 10.4. The first-order valence-corrected chi connectivity index (χ1v) is 9.60. The highest BCUT2D eigenvalue weighted by atomic mass is 16.5. The second-order valence-corrected chi connectivity index (χ2v) is 7.97. The average Bonchev–Trinajstić information content (AvgIpc) is 2.97. The van der Waals surface area contributed by atoms with E-state index in [2.05, 4.69) is 32.0 Å². The van der Waals surface area contributed by atoms with E-state index < -0.39 is 0 Å². The third kappa shape index (κ3) is 4.58. The third-order valence-electron chi connectivity index (χ3n) is 5.71. The minimum atomic E-state index is 0.365. The van der Waals surface area contributed by atoms with Crippen LogP contribution < -0.4 is 5.73 Å². The van der Waals surface area contributed by atoms with Crippen molar-refractivity contribution in [3.63, 3.8) is 0 Å². The second kappa shape index (κ2) is 7.81. The van der Waals surface area contributed by atoms with E-state index in [0.29, 0.717) is 18.1 Å². The summed E-state index contributed by atoms with van der Waals surface area (Å²) in [6.45, 7) is 5.15. The van der Waals surface area contributed by atoms with Crippen molar-refractivity contribution in [1.29, 1.82) is 0 Å². The molecule has 1 aromatic carbocycles. The molecule has 0 saturated heterocycles. The molecule has 0 heterocycles. The Kier molecular flexibility index (Phi) is 5.76. The molecular formula is C21H33NO. The van der Waals surface area contributed by atoms with Crippen LogP contribution in [0.4, 0.5) is 0 Å². The molecule has 23 heavy (non-hydrogen) atoms. The van der Waals surface area contributed by atoms with Crippen molar-refractivity contribution in [2.75, 3.05) is 6.61 Å². The van der Waals surface area contributed by atoms with Gasteiger partial charge in [-0.2, -0.15) is 0 Å². The van der Waals surface area contributed by atoms with Gasteiger partial charge in [-0.1, -0.05) is 18.2 Å². The number of rotatable bonds is 6. The monoisotopic (exact) mass is 315 g/mol. The van der Waals surface area contributed by atoms with Gasteiger partial charge in [0.05, 0.1) is 6.10 Å². The molecule has 2 nitrogen and oxygen atoms in total. The number of hydrogen-bond donors (Lipinski definition) is 1. The molecule has 0 aliphatic heterocycles. The van der Waals surface area contributed by atoms with Crippen LogP contribution in [0.2, 0.25) is 0 Å². The van der Waals surface area contributed by atoms with Crippen LogP contribution in [0.5, 0.6) is 0 Å². The fraction of sp³-hybridized carbons (Fsp3) is 0.714. The predicted molar refractivity (Wildman–Crippen MR) is 96.8 cm³/mol. The van der Waals surface area contributed by atoms with Crippen molar-refractivity contribution in [3.05, 3.63) is 34.9 Å². The standard InChI is InChI=1S/C21H33NO/c1-15(2)23-11-3-4-16-5-6-18-13-19(8-7-17(18)12-16)20-9-10-21(22)14-20/h7-8,13,15-16,20-21H,3-6,9-12,14,22H2,1-2H3/t16-,20?,21?/m0/s1. The summed E-state index contributed by atoms with van der Waals surface area (Å²) in [5.74, 6) is 1.56. The Labute approximate surface area is 141 Å². The van der Waals surface area contributed by atoms with Crippen molar-refractivity contribution in [2.24, 2.45) is 11.7 Å². The molecule has 0 aromatic heterocycles. The lowest BCUT2D eigenvalue weighted by Gasteiger charge is -2.26. The van der Waals surface area contributed by atoms with Crippen LogP contribution >= 0.6 is 0 Å². The van der Waals surface area contributed by atoms with Crippen molar-refractivity contribution < 1.29 is 4.74 Å². The molecule has 3 atom stereocenters. The first-order valence-electron chi connectivity index (χ1n) is 9.60. The quantitative estimate of drug-likeness (QED) is 0.779. The summed E-state index contributed by atoms with van der Waals surface area (Å²) >= 11 is 0. The SMILES string of the molecule is CC(C)OCCC[C@H]1CCc2cc(C3CCC(N)C3)ccc2C1. The minimum Gasteiger partial charge on any atom is -0.379 e. The lowest BCUT2D eigenvalue weighted by molar-refractivity contribution is 0.0732.